The van der Waals surface area contributed by atoms with Gasteiger partial charge in [-0.15, -0.1) is 0 Å². The Morgan fingerprint density at radius 2 is 2.18 bits per heavy atom. The predicted molar refractivity (Wildman–Crippen MR) is 77.8 cm³/mol. The third-order valence-electron chi connectivity index (χ3n) is 3.17. The van der Waals surface area contributed by atoms with Crippen LogP contribution < -0.4 is 5.32 Å². The zero-order chi connectivity index (χ0) is 12.3. The van der Waals surface area contributed by atoms with Gasteiger partial charge in [-0.25, -0.2) is 0 Å². The quantitative estimate of drug-likeness (QED) is 0.683. The molecule has 0 saturated heterocycles. The Hall–Kier alpha value is -1.64. The average molecular weight is 226 g/mol. The molecular weight excluding hydrogens is 207 g/mol. The van der Waals surface area contributed by atoms with Crippen LogP contribution >= 0.6 is 0 Å². The van der Waals surface area contributed by atoms with E-state index in [4.69, 9.17) is 0 Å². The number of allylic oxidation sites excluding steroid dienone is 1. The molecule has 1 heterocycles. The van der Waals surface area contributed by atoms with Crippen LogP contribution in [0.15, 0.2) is 43.1 Å². The highest BCUT2D eigenvalue weighted by Crippen LogP contribution is 2.26. The van der Waals surface area contributed by atoms with E-state index < -0.39 is 0 Å². The highest BCUT2D eigenvalue weighted by molar-refractivity contribution is 6.12. The van der Waals surface area contributed by atoms with Crippen LogP contribution in [0.5, 0.6) is 0 Å². The average Bonchev–Trinajstić information content (AvgIpc) is 2.35. The minimum atomic E-state index is 0.638. The van der Waals surface area contributed by atoms with E-state index in [1.807, 2.05) is 7.05 Å². The molecule has 0 radical (unpaired) electrons. The van der Waals surface area contributed by atoms with Crippen molar-refractivity contribution in [3.8, 4) is 0 Å². The molecule has 1 aromatic rings. The summed E-state index contributed by atoms with van der Waals surface area (Å²) >= 11 is 0. The molecule has 1 aliphatic heterocycles. The number of benzene rings is 1. The van der Waals surface area contributed by atoms with E-state index in [2.05, 4.69) is 61.2 Å². The molecule has 1 N–H and O–H groups in total. The summed E-state index contributed by atoms with van der Waals surface area (Å²) in [7, 11) is 4.30. The maximum Gasteiger partial charge on any atom is 0.108 e. The Labute approximate surface area is 104 Å². The molecule has 88 valence electrons. The molecule has 0 fully saturated rings. The van der Waals surface area contributed by atoms with Gasteiger partial charge in [0.05, 0.1) is 0 Å². The molecule has 1 aliphatic rings. The van der Waals surface area contributed by atoms with Gasteiger partial charge in [0.2, 0.25) is 0 Å². The molecule has 0 aromatic heterocycles. The van der Waals surface area contributed by atoms with Crippen molar-refractivity contribution in [3.05, 3.63) is 48.7 Å². The summed E-state index contributed by atoms with van der Waals surface area (Å²) in [5.74, 6) is 0.638. The van der Waals surface area contributed by atoms with E-state index in [1.165, 1.54) is 11.3 Å². The van der Waals surface area contributed by atoms with Gasteiger partial charge in [0, 0.05) is 30.5 Å². The van der Waals surface area contributed by atoms with Crippen molar-refractivity contribution in [2.24, 2.45) is 0 Å². The van der Waals surface area contributed by atoms with Crippen LogP contribution in [0.1, 0.15) is 12.0 Å². The molecule has 2 nitrogen and oxygen atoms in total. The van der Waals surface area contributed by atoms with Gasteiger partial charge in [-0.2, -0.15) is 0 Å². The lowest BCUT2D eigenvalue weighted by Crippen LogP contribution is -2.15. The SMILES string of the molecule is B[C@@H]1C/C=C\N(C)C(=C)c2ccccc2NC1. The van der Waals surface area contributed by atoms with Crippen LogP contribution in [0.3, 0.4) is 0 Å². The van der Waals surface area contributed by atoms with E-state index in [0.29, 0.717) is 5.82 Å². The van der Waals surface area contributed by atoms with E-state index in [9.17, 15) is 0 Å². The second kappa shape index (κ2) is 5.13. The van der Waals surface area contributed by atoms with Crippen molar-refractivity contribution in [1.29, 1.82) is 0 Å². The van der Waals surface area contributed by atoms with Gasteiger partial charge >= 0.3 is 0 Å². The molecular formula is C14H19BN2. The van der Waals surface area contributed by atoms with Gasteiger partial charge in [0.15, 0.2) is 0 Å². The number of rotatable bonds is 0. The highest BCUT2D eigenvalue weighted by Gasteiger charge is 2.10. The summed E-state index contributed by atoms with van der Waals surface area (Å²) < 4.78 is 0. The minimum Gasteiger partial charge on any atom is -0.385 e. The summed E-state index contributed by atoms with van der Waals surface area (Å²) in [6.07, 6.45) is 5.42. The van der Waals surface area contributed by atoms with Gasteiger partial charge in [0.1, 0.15) is 7.85 Å². The summed E-state index contributed by atoms with van der Waals surface area (Å²) in [4.78, 5) is 2.08. The molecule has 0 unspecified atom stereocenters. The zero-order valence-electron chi connectivity index (χ0n) is 10.6. The van der Waals surface area contributed by atoms with Crippen molar-refractivity contribution in [2.45, 2.75) is 12.2 Å². The van der Waals surface area contributed by atoms with Gasteiger partial charge in [-0.3, -0.25) is 0 Å². The predicted octanol–water partition coefficient (Wildman–Crippen LogP) is 2.34. The third-order valence-corrected chi connectivity index (χ3v) is 3.17. The van der Waals surface area contributed by atoms with E-state index in [-0.39, 0.29) is 0 Å². The fourth-order valence-corrected chi connectivity index (χ4v) is 1.99. The molecule has 1 atom stereocenters. The lowest BCUT2D eigenvalue weighted by molar-refractivity contribution is 0.650. The van der Waals surface area contributed by atoms with Crippen molar-refractivity contribution in [2.75, 3.05) is 18.9 Å². The Morgan fingerprint density at radius 3 is 3.00 bits per heavy atom. The van der Waals surface area contributed by atoms with Crippen molar-refractivity contribution < 1.29 is 0 Å². The Morgan fingerprint density at radius 1 is 1.41 bits per heavy atom. The molecule has 1 aromatic carbocycles. The molecule has 3 heteroatoms. The number of para-hydroxylation sites is 1. The molecule has 0 bridgehead atoms. The fraction of sp³-hybridized carbons (Fsp3) is 0.286. The van der Waals surface area contributed by atoms with Crippen molar-refractivity contribution in [1.82, 2.24) is 4.90 Å². The van der Waals surface area contributed by atoms with Crippen LogP contribution in [-0.2, 0) is 0 Å². The summed E-state index contributed by atoms with van der Waals surface area (Å²) in [6, 6.07) is 8.34. The van der Waals surface area contributed by atoms with E-state index in [0.717, 1.165) is 18.7 Å². The maximum absolute atomic E-state index is 4.16. The molecule has 17 heavy (non-hydrogen) atoms. The van der Waals surface area contributed by atoms with Gasteiger partial charge in [-0.1, -0.05) is 30.9 Å². The molecule has 0 aliphatic carbocycles. The highest BCUT2D eigenvalue weighted by atomic mass is 15.1. The zero-order valence-corrected chi connectivity index (χ0v) is 10.6. The molecule has 0 spiro atoms. The summed E-state index contributed by atoms with van der Waals surface area (Å²) in [5, 5.41) is 3.51. The smallest absolute Gasteiger partial charge is 0.108 e. The number of nitrogens with one attached hydrogen (secondary N) is 1. The topological polar surface area (TPSA) is 15.3 Å². The van der Waals surface area contributed by atoms with Gasteiger partial charge in [-0.05, 0) is 24.5 Å². The maximum atomic E-state index is 4.16. The van der Waals surface area contributed by atoms with E-state index >= 15 is 0 Å². The number of hydrogen-bond donors (Lipinski definition) is 1. The lowest BCUT2D eigenvalue weighted by atomic mass is 9.84. The third kappa shape index (κ3) is 2.73. The Kier molecular flexibility index (Phi) is 3.57. The van der Waals surface area contributed by atoms with Gasteiger partial charge in [0.25, 0.3) is 0 Å². The number of nitrogens with zero attached hydrogens (tertiary/aromatic N) is 1. The summed E-state index contributed by atoms with van der Waals surface area (Å²) in [6.45, 7) is 5.16. The van der Waals surface area contributed by atoms with Crippen LogP contribution in [0, 0.1) is 0 Å². The first-order valence-electron chi connectivity index (χ1n) is 6.10. The molecule has 2 rings (SSSR count). The minimum absolute atomic E-state index is 0.638. The summed E-state index contributed by atoms with van der Waals surface area (Å²) in [5.41, 5.74) is 3.37. The first-order chi connectivity index (χ1) is 8.18. The Balaban J connectivity index is 2.36. The first-order valence-corrected chi connectivity index (χ1v) is 6.10. The van der Waals surface area contributed by atoms with E-state index in [1.54, 1.807) is 0 Å². The van der Waals surface area contributed by atoms with Gasteiger partial charge < -0.3 is 10.2 Å². The number of hydrogen-bond acceptors (Lipinski definition) is 2. The number of fused-ring (bicyclic) bond motifs is 1. The second-order valence-corrected chi connectivity index (χ2v) is 4.71. The van der Waals surface area contributed by atoms with Crippen LogP contribution in [0.4, 0.5) is 5.69 Å². The standard InChI is InChI=1S/C14H19BN2/c1-11-13-7-3-4-8-14(13)16-10-12(15)6-5-9-17(11)2/h3-5,7-9,12,16H,1,6,10,15H2,2H3/b9-5-/t12-/m1/s1. The first kappa shape index (κ1) is 11.8. The monoisotopic (exact) mass is 226 g/mol. The number of anilines is 1. The van der Waals surface area contributed by atoms with Crippen molar-refractivity contribution >= 4 is 19.2 Å². The van der Waals surface area contributed by atoms with Crippen LogP contribution in [-0.4, -0.2) is 26.3 Å². The van der Waals surface area contributed by atoms with Crippen LogP contribution in [0.2, 0.25) is 5.82 Å². The second-order valence-electron chi connectivity index (χ2n) is 4.71. The molecule has 0 saturated carbocycles. The largest absolute Gasteiger partial charge is 0.385 e. The lowest BCUT2D eigenvalue weighted by Gasteiger charge is -2.23. The van der Waals surface area contributed by atoms with Crippen molar-refractivity contribution in [3.63, 3.8) is 0 Å². The fourth-order valence-electron chi connectivity index (χ4n) is 1.99. The normalized spacial score (nSPS) is 22.5. The van der Waals surface area contributed by atoms with Crippen LogP contribution in [0.25, 0.3) is 5.70 Å². The molecule has 0 amide bonds. The Bertz CT molecular complexity index is 440.